The minimum atomic E-state index is -0.609. The minimum Gasteiger partial charge on any atom is -0.383 e. The maximum Gasteiger partial charge on any atom is 0.259 e. The molecule has 1 amide bonds. The number of carbonyl (C=O) groups excluding carboxylic acids is 1. The number of nitrogens with one attached hydrogen (secondary N) is 1. The molecule has 3 rings (SSSR count). The summed E-state index contributed by atoms with van der Waals surface area (Å²) in [6.07, 6.45) is 0.968. The van der Waals surface area contributed by atoms with E-state index in [0.717, 1.165) is 22.5 Å². The quantitative estimate of drug-likeness (QED) is 0.759. The number of pyridine rings is 1. The number of halogens is 1. The number of anilines is 2. The highest BCUT2D eigenvalue weighted by atomic mass is 32.1. The van der Waals surface area contributed by atoms with E-state index in [1.807, 2.05) is 0 Å². The van der Waals surface area contributed by atoms with E-state index >= 15 is 0 Å². The van der Waals surface area contributed by atoms with Gasteiger partial charge < -0.3 is 11.1 Å². The minimum absolute atomic E-state index is 0.00871. The van der Waals surface area contributed by atoms with Crippen molar-refractivity contribution in [2.24, 2.45) is 0 Å². The zero-order chi connectivity index (χ0) is 14.1. The van der Waals surface area contributed by atoms with Crippen molar-refractivity contribution in [1.29, 1.82) is 0 Å². The van der Waals surface area contributed by atoms with Gasteiger partial charge in [0.15, 0.2) is 0 Å². The van der Waals surface area contributed by atoms with Gasteiger partial charge in [-0.25, -0.2) is 14.4 Å². The van der Waals surface area contributed by atoms with E-state index in [9.17, 15) is 9.18 Å². The monoisotopic (exact) mass is 288 g/mol. The fourth-order valence-corrected chi connectivity index (χ4v) is 2.48. The van der Waals surface area contributed by atoms with Gasteiger partial charge in [0.1, 0.15) is 11.6 Å². The number of nitrogen functional groups attached to an aromatic ring is 1. The van der Waals surface area contributed by atoms with Gasteiger partial charge in [-0.2, -0.15) is 0 Å². The van der Waals surface area contributed by atoms with Gasteiger partial charge in [-0.3, -0.25) is 4.79 Å². The van der Waals surface area contributed by atoms with E-state index in [0.29, 0.717) is 5.69 Å². The van der Waals surface area contributed by atoms with Crippen molar-refractivity contribution in [3.8, 4) is 0 Å². The molecule has 5 nitrogen and oxygen atoms in total. The summed E-state index contributed by atoms with van der Waals surface area (Å²) in [5.41, 5.74) is 8.76. The molecule has 0 aliphatic heterocycles. The Morgan fingerprint density at radius 3 is 3.00 bits per heavy atom. The van der Waals surface area contributed by atoms with E-state index in [1.54, 1.807) is 23.7 Å². The summed E-state index contributed by atoms with van der Waals surface area (Å²) in [6.45, 7) is 0. The first-order valence-corrected chi connectivity index (χ1v) is 6.57. The second kappa shape index (κ2) is 4.86. The lowest BCUT2D eigenvalue weighted by Gasteiger charge is -2.07. The number of nitrogens with zero attached hydrogens (tertiary/aromatic N) is 2. The molecule has 0 radical (unpaired) electrons. The molecule has 0 aliphatic rings. The number of fused-ring (bicyclic) bond motifs is 1. The lowest BCUT2D eigenvalue weighted by molar-refractivity contribution is 0.102. The number of thiazole rings is 1. The topological polar surface area (TPSA) is 80.9 Å². The molecular formula is C13H9FN4OS. The smallest absolute Gasteiger partial charge is 0.259 e. The average molecular weight is 288 g/mol. The molecule has 0 saturated carbocycles. The molecule has 0 saturated heterocycles. The van der Waals surface area contributed by atoms with Crippen molar-refractivity contribution in [1.82, 2.24) is 9.97 Å². The Balaban J connectivity index is 1.89. The fourth-order valence-electron chi connectivity index (χ4n) is 1.76. The Labute approximate surface area is 117 Å². The molecule has 1 aromatic carbocycles. The zero-order valence-electron chi connectivity index (χ0n) is 10.1. The largest absolute Gasteiger partial charge is 0.383 e. The van der Waals surface area contributed by atoms with Crippen LogP contribution in [-0.2, 0) is 0 Å². The number of aromatic nitrogens is 2. The summed E-state index contributed by atoms with van der Waals surface area (Å²) in [4.78, 5) is 19.8. The van der Waals surface area contributed by atoms with Gasteiger partial charge in [0, 0.05) is 5.69 Å². The Kier molecular flexibility index (Phi) is 3.03. The first-order valence-electron chi connectivity index (χ1n) is 5.69. The molecule has 0 aliphatic carbocycles. The van der Waals surface area contributed by atoms with Gasteiger partial charge in [0.05, 0.1) is 27.5 Å². The first-order chi connectivity index (χ1) is 9.63. The molecular weight excluding hydrogens is 279 g/mol. The van der Waals surface area contributed by atoms with E-state index in [-0.39, 0.29) is 11.4 Å². The predicted molar refractivity (Wildman–Crippen MR) is 76.2 cm³/mol. The standard InChI is InChI=1S/C13H9FN4OS/c14-7-3-9(12(15)16-5-7)13(19)18-8-1-2-10-11(4-8)20-6-17-10/h1-6H,(H2,15,16)(H,18,19). The average Bonchev–Trinajstić information content (AvgIpc) is 2.89. The highest BCUT2D eigenvalue weighted by Gasteiger charge is 2.12. The van der Waals surface area contributed by atoms with Crippen LogP contribution >= 0.6 is 11.3 Å². The van der Waals surface area contributed by atoms with Crippen molar-refractivity contribution in [2.75, 3.05) is 11.1 Å². The van der Waals surface area contributed by atoms with Crippen LogP contribution in [0.2, 0.25) is 0 Å². The van der Waals surface area contributed by atoms with Gasteiger partial charge >= 0.3 is 0 Å². The van der Waals surface area contributed by atoms with Gasteiger partial charge in [-0.1, -0.05) is 0 Å². The van der Waals surface area contributed by atoms with Crippen molar-refractivity contribution < 1.29 is 9.18 Å². The van der Waals surface area contributed by atoms with E-state index in [1.165, 1.54) is 11.3 Å². The summed E-state index contributed by atoms with van der Waals surface area (Å²) >= 11 is 1.47. The normalized spacial score (nSPS) is 10.7. The van der Waals surface area contributed by atoms with Gasteiger partial charge in [-0.15, -0.1) is 11.3 Å². The lowest BCUT2D eigenvalue weighted by Crippen LogP contribution is -2.15. The summed E-state index contributed by atoms with van der Waals surface area (Å²) in [5.74, 6) is -1.12. The second-order valence-electron chi connectivity index (χ2n) is 4.08. The molecule has 3 aromatic rings. The molecule has 0 atom stereocenters. The van der Waals surface area contributed by atoms with E-state index in [2.05, 4.69) is 15.3 Å². The summed E-state index contributed by atoms with van der Waals surface area (Å²) < 4.78 is 14.1. The van der Waals surface area contributed by atoms with Crippen molar-refractivity contribution >= 4 is 39.0 Å². The SMILES string of the molecule is Nc1ncc(F)cc1C(=O)Nc1ccc2ncsc2c1. The third kappa shape index (κ3) is 2.30. The number of rotatable bonds is 2. The Hall–Kier alpha value is -2.54. The molecule has 100 valence electrons. The second-order valence-corrected chi connectivity index (χ2v) is 4.96. The molecule has 3 N–H and O–H groups in total. The van der Waals surface area contributed by atoms with E-state index in [4.69, 9.17) is 5.73 Å². The number of carbonyl (C=O) groups is 1. The van der Waals surface area contributed by atoms with Crippen LogP contribution in [0.1, 0.15) is 10.4 Å². The lowest BCUT2D eigenvalue weighted by atomic mass is 10.2. The Morgan fingerprint density at radius 1 is 1.30 bits per heavy atom. The maximum absolute atomic E-state index is 13.1. The Bertz CT molecular complexity index is 802. The predicted octanol–water partition coefficient (Wildman–Crippen LogP) is 2.66. The first kappa shape index (κ1) is 12.5. The highest BCUT2D eigenvalue weighted by molar-refractivity contribution is 7.16. The third-order valence-electron chi connectivity index (χ3n) is 2.72. The van der Waals surface area contributed by atoms with E-state index < -0.39 is 11.7 Å². The van der Waals surface area contributed by atoms with Crippen LogP contribution in [-0.4, -0.2) is 15.9 Å². The number of hydrogen-bond acceptors (Lipinski definition) is 5. The maximum atomic E-state index is 13.1. The van der Waals surface area contributed by atoms with Crippen LogP contribution in [0.15, 0.2) is 36.0 Å². The summed E-state index contributed by atoms with van der Waals surface area (Å²) in [5, 5.41) is 2.66. The molecule has 2 heterocycles. The van der Waals surface area contributed by atoms with Crippen molar-refractivity contribution in [3.05, 3.63) is 47.4 Å². The number of amides is 1. The number of benzene rings is 1. The van der Waals surface area contributed by atoms with Crippen LogP contribution in [0.5, 0.6) is 0 Å². The number of nitrogens with two attached hydrogens (primary N) is 1. The van der Waals surface area contributed by atoms with Gasteiger partial charge in [0.2, 0.25) is 0 Å². The van der Waals surface area contributed by atoms with Gasteiger partial charge in [-0.05, 0) is 24.3 Å². The highest BCUT2D eigenvalue weighted by Crippen LogP contribution is 2.22. The Morgan fingerprint density at radius 2 is 2.15 bits per heavy atom. The molecule has 0 bridgehead atoms. The van der Waals surface area contributed by atoms with Crippen molar-refractivity contribution in [3.63, 3.8) is 0 Å². The van der Waals surface area contributed by atoms with Crippen LogP contribution in [0.3, 0.4) is 0 Å². The molecule has 0 fully saturated rings. The van der Waals surface area contributed by atoms with Crippen LogP contribution < -0.4 is 11.1 Å². The number of hydrogen-bond donors (Lipinski definition) is 2. The van der Waals surface area contributed by atoms with Crippen LogP contribution in [0, 0.1) is 5.82 Å². The molecule has 20 heavy (non-hydrogen) atoms. The van der Waals surface area contributed by atoms with Crippen molar-refractivity contribution in [2.45, 2.75) is 0 Å². The van der Waals surface area contributed by atoms with Crippen LogP contribution in [0.25, 0.3) is 10.2 Å². The fraction of sp³-hybridized carbons (Fsp3) is 0. The molecule has 0 unspecified atom stereocenters. The summed E-state index contributed by atoms with van der Waals surface area (Å²) in [6, 6.07) is 6.38. The molecule has 0 spiro atoms. The third-order valence-corrected chi connectivity index (χ3v) is 3.51. The molecule has 2 aromatic heterocycles. The van der Waals surface area contributed by atoms with Gasteiger partial charge in [0.25, 0.3) is 5.91 Å². The zero-order valence-corrected chi connectivity index (χ0v) is 10.9. The van der Waals surface area contributed by atoms with Crippen LogP contribution in [0.4, 0.5) is 15.9 Å². The molecule has 7 heteroatoms. The summed E-state index contributed by atoms with van der Waals surface area (Å²) in [7, 11) is 0.